The Kier molecular flexibility index (Phi) is 8.40. The van der Waals surface area contributed by atoms with Gasteiger partial charge in [0.05, 0.1) is 11.5 Å². The molecular weight excluding hydrogens is 484 g/mol. The van der Waals surface area contributed by atoms with Crippen LogP contribution in [-0.2, 0) is 9.59 Å². The van der Waals surface area contributed by atoms with Gasteiger partial charge in [-0.2, -0.15) is 0 Å². The molecule has 10 nitrogen and oxygen atoms in total. The molecule has 0 aliphatic heterocycles. The predicted molar refractivity (Wildman–Crippen MR) is 129 cm³/mol. The van der Waals surface area contributed by atoms with Crippen molar-refractivity contribution in [1.82, 2.24) is 10.2 Å². The molecular formula is C20H18N6O4S3. The van der Waals surface area contributed by atoms with Gasteiger partial charge >= 0.3 is 0 Å². The number of thioether (sulfide) groups is 2. The van der Waals surface area contributed by atoms with Crippen molar-refractivity contribution < 1.29 is 19.2 Å². The number of aromatic nitrogens is 2. The highest BCUT2D eigenvalue weighted by Gasteiger charge is 2.11. The molecule has 3 rings (SSSR count). The van der Waals surface area contributed by atoms with E-state index in [4.69, 9.17) is 11.5 Å². The summed E-state index contributed by atoms with van der Waals surface area (Å²) in [5.74, 6) is -1.30. The van der Waals surface area contributed by atoms with Crippen molar-refractivity contribution in [2.75, 3.05) is 22.1 Å². The van der Waals surface area contributed by atoms with Crippen LogP contribution in [0.4, 0.5) is 11.4 Å². The lowest BCUT2D eigenvalue weighted by atomic mass is 10.2. The summed E-state index contributed by atoms with van der Waals surface area (Å²) >= 11 is 3.73. The summed E-state index contributed by atoms with van der Waals surface area (Å²) in [6.07, 6.45) is 0. The molecule has 170 valence electrons. The highest BCUT2D eigenvalue weighted by molar-refractivity contribution is 8.03. The summed E-state index contributed by atoms with van der Waals surface area (Å²) in [5.41, 5.74) is 12.2. The van der Waals surface area contributed by atoms with Gasteiger partial charge in [-0.3, -0.25) is 19.2 Å². The van der Waals surface area contributed by atoms with Gasteiger partial charge in [-0.1, -0.05) is 34.9 Å². The van der Waals surface area contributed by atoms with E-state index in [1.54, 1.807) is 24.3 Å². The van der Waals surface area contributed by atoms with Crippen LogP contribution in [0.1, 0.15) is 20.7 Å². The Morgan fingerprint density at radius 2 is 1.06 bits per heavy atom. The molecule has 1 heterocycles. The van der Waals surface area contributed by atoms with E-state index in [9.17, 15) is 19.2 Å². The number of hydrogen-bond donors (Lipinski definition) is 4. The zero-order valence-corrected chi connectivity index (χ0v) is 19.4. The molecule has 0 aliphatic carbocycles. The molecule has 33 heavy (non-hydrogen) atoms. The van der Waals surface area contributed by atoms with Gasteiger partial charge in [-0.05, 0) is 48.5 Å². The van der Waals surface area contributed by atoms with Crippen molar-refractivity contribution in [2.45, 2.75) is 8.68 Å². The second-order valence-corrected chi connectivity index (χ2v) is 9.81. The van der Waals surface area contributed by atoms with Crippen LogP contribution in [0.3, 0.4) is 0 Å². The Balaban J connectivity index is 1.41. The molecule has 0 spiro atoms. The van der Waals surface area contributed by atoms with E-state index in [0.29, 0.717) is 31.2 Å². The number of carbonyl (C=O) groups excluding carboxylic acids is 4. The van der Waals surface area contributed by atoms with Gasteiger partial charge in [0.2, 0.25) is 23.6 Å². The first-order valence-corrected chi connectivity index (χ1v) is 12.1. The Morgan fingerprint density at radius 3 is 1.39 bits per heavy atom. The normalized spacial score (nSPS) is 10.4. The predicted octanol–water partition coefficient (Wildman–Crippen LogP) is 2.20. The quantitative estimate of drug-likeness (QED) is 0.306. The molecule has 3 aromatic rings. The first kappa shape index (κ1) is 24.2. The minimum Gasteiger partial charge on any atom is -0.366 e. The maximum absolute atomic E-state index is 12.1. The largest absolute Gasteiger partial charge is 0.366 e. The molecule has 0 atom stereocenters. The maximum atomic E-state index is 12.1. The number of nitrogens with two attached hydrogens (primary N) is 2. The van der Waals surface area contributed by atoms with E-state index in [-0.39, 0.29) is 23.3 Å². The molecule has 13 heteroatoms. The fourth-order valence-corrected chi connectivity index (χ4v) is 5.02. The minimum atomic E-state index is -0.537. The standard InChI is InChI=1S/C20H18N6O4S3/c21-17(29)11-1-5-13(6-2-11)23-15(27)9-31-19-25-26-20(33-19)32-10-16(28)24-14-7-3-12(4-8-14)18(22)30/h1-8H,9-10H2,(H2,21,29)(H2,22,30)(H,23,27)(H,24,28). The lowest BCUT2D eigenvalue weighted by Crippen LogP contribution is -2.14. The van der Waals surface area contributed by atoms with E-state index in [1.807, 2.05) is 0 Å². The molecule has 6 N–H and O–H groups in total. The molecule has 0 radical (unpaired) electrons. The van der Waals surface area contributed by atoms with Crippen molar-refractivity contribution in [1.29, 1.82) is 0 Å². The summed E-state index contributed by atoms with van der Waals surface area (Å²) in [4.78, 5) is 46.4. The first-order valence-electron chi connectivity index (χ1n) is 9.28. The summed E-state index contributed by atoms with van der Waals surface area (Å²) in [6, 6.07) is 12.5. The van der Waals surface area contributed by atoms with Gasteiger partial charge in [0.1, 0.15) is 0 Å². The fraction of sp³-hybridized carbons (Fsp3) is 0.100. The van der Waals surface area contributed by atoms with Crippen molar-refractivity contribution in [2.24, 2.45) is 11.5 Å². The lowest BCUT2D eigenvalue weighted by Gasteiger charge is -2.04. The summed E-state index contributed by atoms with van der Waals surface area (Å²) in [6.45, 7) is 0. The molecule has 0 aliphatic rings. The van der Waals surface area contributed by atoms with E-state index >= 15 is 0 Å². The lowest BCUT2D eigenvalue weighted by molar-refractivity contribution is -0.114. The smallest absolute Gasteiger partial charge is 0.248 e. The summed E-state index contributed by atoms with van der Waals surface area (Å²) < 4.78 is 1.19. The highest BCUT2D eigenvalue weighted by atomic mass is 32.2. The maximum Gasteiger partial charge on any atom is 0.248 e. The van der Waals surface area contributed by atoms with Gasteiger partial charge in [0.25, 0.3) is 0 Å². The summed E-state index contributed by atoms with van der Waals surface area (Å²) in [5, 5.41) is 13.5. The molecule has 4 amide bonds. The van der Waals surface area contributed by atoms with Gasteiger partial charge < -0.3 is 22.1 Å². The van der Waals surface area contributed by atoms with Crippen molar-refractivity contribution in [3.63, 3.8) is 0 Å². The topological polar surface area (TPSA) is 170 Å². The van der Waals surface area contributed by atoms with Crippen LogP contribution in [-0.4, -0.2) is 45.3 Å². The number of primary amides is 2. The molecule has 2 aromatic carbocycles. The van der Waals surface area contributed by atoms with E-state index in [2.05, 4.69) is 20.8 Å². The number of rotatable bonds is 10. The van der Waals surface area contributed by atoms with Crippen LogP contribution in [0.15, 0.2) is 57.2 Å². The number of carbonyl (C=O) groups is 4. The van der Waals surface area contributed by atoms with Crippen molar-refractivity contribution in [3.8, 4) is 0 Å². The Hall–Kier alpha value is -3.42. The summed E-state index contributed by atoms with van der Waals surface area (Å²) in [7, 11) is 0. The number of benzene rings is 2. The van der Waals surface area contributed by atoms with Gasteiger partial charge in [0, 0.05) is 22.5 Å². The van der Waals surface area contributed by atoms with Crippen molar-refractivity contribution >= 4 is 69.9 Å². The highest BCUT2D eigenvalue weighted by Crippen LogP contribution is 2.29. The second kappa shape index (κ2) is 11.4. The van der Waals surface area contributed by atoms with E-state index in [1.165, 1.54) is 59.1 Å². The van der Waals surface area contributed by atoms with Crippen LogP contribution in [0, 0.1) is 0 Å². The van der Waals surface area contributed by atoms with Gasteiger partial charge in [-0.25, -0.2) is 0 Å². The average molecular weight is 503 g/mol. The SMILES string of the molecule is NC(=O)c1ccc(NC(=O)CSc2nnc(SCC(=O)Nc3ccc(C(N)=O)cc3)s2)cc1. The van der Waals surface area contributed by atoms with Crippen molar-refractivity contribution in [3.05, 3.63) is 59.7 Å². The van der Waals surface area contributed by atoms with E-state index < -0.39 is 11.8 Å². The monoisotopic (exact) mass is 502 g/mol. The second-order valence-electron chi connectivity index (χ2n) is 6.39. The van der Waals surface area contributed by atoms with Crippen LogP contribution in [0.25, 0.3) is 0 Å². The number of amides is 4. The third kappa shape index (κ3) is 7.59. The average Bonchev–Trinajstić information content (AvgIpc) is 3.25. The van der Waals surface area contributed by atoms with Crippen LogP contribution in [0.5, 0.6) is 0 Å². The van der Waals surface area contributed by atoms with Crippen LogP contribution in [0.2, 0.25) is 0 Å². The Bertz CT molecular complexity index is 1080. The number of nitrogens with zero attached hydrogens (tertiary/aromatic N) is 2. The molecule has 0 bridgehead atoms. The Morgan fingerprint density at radius 1 is 0.697 bits per heavy atom. The first-order chi connectivity index (χ1) is 15.8. The zero-order valence-electron chi connectivity index (χ0n) is 16.9. The molecule has 1 aromatic heterocycles. The molecule has 0 saturated heterocycles. The third-order valence-electron chi connectivity index (χ3n) is 3.95. The van der Waals surface area contributed by atoms with Gasteiger partial charge in [-0.15, -0.1) is 10.2 Å². The fourth-order valence-electron chi connectivity index (χ4n) is 2.40. The number of hydrogen-bond acceptors (Lipinski definition) is 9. The number of anilines is 2. The van der Waals surface area contributed by atoms with E-state index in [0.717, 1.165) is 0 Å². The molecule has 0 fully saturated rings. The number of nitrogens with one attached hydrogen (secondary N) is 2. The Labute approximate surface area is 200 Å². The van der Waals surface area contributed by atoms with Gasteiger partial charge in [0.15, 0.2) is 8.68 Å². The zero-order chi connectivity index (χ0) is 23.8. The van der Waals surface area contributed by atoms with Crippen LogP contribution < -0.4 is 22.1 Å². The molecule has 0 saturated carbocycles. The third-order valence-corrected chi connectivity index (χ3v) is 7.14. The van der Waals surface area contributed by atoms with Crippen LogP contribution >= 0.6 is 34.9 Å². The molecule has 0 unspecified atom stereocenters. The minimum absolute atomic E-state index is 0.124.